The molecular formula is C15H19NO3. The van der Waals surface area contributed by atoms with Crippen molar-refractivity contribution in [2.24, 2.45) is 0 Å². The molecule has 0 aromatic heterocycles. The Kier molecular flexibility index (Phi) is 4.98. The predicted octanol–water partition coefficient (Wildman–Crippen LogP) is 2.31. The lowest BCUT2D eigenvalue weighted by Gasteiger charge is -2.14. The number of nitrogens with one attached hydrogen (secondary N) is 1. The van der Waals surface area contributed by atoms with E-state index in [4.69, 9.17) is 9.84 Å². The third-order valence-electron chi connectivity index (χ3n) is 3.09. The molecule has 0 atom stereocenters. The van der Waals surface area contributed by atoms with Crippen LogP contribution in [0.15, 0.2) is 30.3 Å². The van der Waals surface area contributed by atoms with Gasteiger partial charge in [0.1, 0.15) is 5.75 Å². The number of benzene rings is 1. The molecule has 1 aromatic rings. The van der Waals surface area contributed by atoms with Crippen molar-refractivity contribution in [2.45, 2.75) is 19.3 Å². The lowest BCUT2D eigenvalue weighted by Crippen LogP contribution is -2.19. The second-order valence-corrected chi connectivity index (χ2v) is 4.55. The smallest absolute Gasteiger partial charge is 0.303 e. The highest BCUT2D eigenvalue weighted by Crippen LogP contribution is 2.22. The van der Waals surface area contributed by atoms with Gasteiger partial charge in [-0.15, -0.1) is 0 Å². The van der Waals surface area contributed by atoms with Crippen LogP contribution in [-0.4, -0.2) is 30.8 Å². The Morgan fingerprint density at radius 2 is 2.11 bits per heavy atom. The molecule has 0 aliphatic carbocycles. The largest absolute Gasteiger partial charge is 0.494 e. The van der Waals surface area contributed by atoms with Gasteiger partial charge in [-0.25, -0.2) is 0 Å². The topological polar surface area (TPSA) is 58.6 Å². The molecule has 1 heterocycles. The second-order valence-electron chi connectivity index (χ2n) is 4.55. The quantitative estimate of drug-likeness (QED) is 0.771. The van der Waals surface area contributed by atoms with Crippen LogP contribution < -0.4 is 10.1 Å². The Hall–Kier alpha value is -1.81. The van der Waals surface area contributed by atoms with Crippen LogP contribution in [0.5, 0.6) is 5.75 Å². The molecule has 4 nitrogen and oxygen atoms in total. The fourth-order valence-electron chi connectivity index (χ4n) is 2.06. The molecule has 102 valence electrons. The first-order valence-electron chi connectivity index (χ1n) is 6.60. The highest BCUT2D eigenvalue weighted by atomic mass is 16.5. The maximum Gasteiger partial charge on any atom is 0.303 e. The fourth-order valence-corrected chi connectivity index (χ4v) is 2.06. The zero-order chi connectivity index (χ0) is 13.5. The lowest BCUT2D eigenvalue weighted by molar-refractivity contribution is -0.137. The number of hydrogen-bond acceptors (Lipinski definition) is 3. The second kappa shape index (κ2) is 6.95. The van der Waals surface area contributed by atoms with Crippen molar-refractivity contribution in [3.8, 4) is 5.75 Å². The highest BCUT2D eigenvalue weighted by Gasteiger charge is 2.05. The van der Waals surface area contributed by atoms with Crippen LogP contribution in [0, 0.1) is 0 Å². The molecule has 0 radical (unpaired) electrons. The standard InChI is InChI=1S/C15H19NO3/c17-15(18)2-1-11-19-14-5-3-12(4-6-14)13-7-9-16-10-8-13/h3-7,16H,1-2,8-11H2,(H,17,18). The third-order valence-corrected chi connectivity index (χ3v) is 3.09. The van der Waals surface area contributed by atoms with Crippen LogP contribution in [0.4, 0.5) is 0 Å². The SMILES string of the molecule is O=C(O)CCCOc1ccc(C2=CCNCC2)cc1. The number of carboxylic acids is 1. The van der Waals surface area contributed by atoms with Crippen LogP contribution in [0.3, 0.4) is 0 Å². The van der Waals surface area contributed by atoms with Gasteiger partial charge in [-0.2, -0.15) is 0 Å². The van der Waals surface area contributed by atoms with Gasteiger partial charge in [0.15, 0.2) is 0 Å². The molecule has 2 N–H and O–H groups in total. The van der Waals surface area contributed by atoms with Crippen LogP contribution in [0.1, 0.15) is 24.8 Å². The molecule has 4 heteroatoms. The van der Waals surface area contributed by atoms with E-state index in [1.54, 1.807) is 0 Å². The van der Waals surface area contributed by atoms with E-state index in [0.29, 0.717) is 13.0 Å². The van der Waals surface area contributed by atoms with Gasteiger partial charge in [-0.05, 0) is 42.7 Å². The van der Waals surface area contributed by atoms with Gasteiger partial charge in [0.2, 0.25) is 0 Å². The summed E-state index contributed by atoms with van der Waals surface area (Å²) in [6.07, 6.45) is 3.96. The summed E-state index contributed by atoms with van der Waals surface area (Å²) >= 11 is 0. The molecule has 1 aliphatic heterocycles. The molecule has 0 amide bonds. The molecule has 0 fully saturated rings. The number of rotatable bonds is 6. The molecule has 0 saturated carbocycles. The van der Waals surface area contributed by atoms with Crippen molar-refractivity contribution in [2.75, 3.05) is 19.7 Å². The van der Waals surface area contributed by atoms with Crippen molar-refractivity contribution in [3.63, 3.8) is 0 Å². The van der Waals surface area contributed by atoms with Crippen molar-refractivity contribution in [1.29, 1.82) is 0 Å². The first-order chi connectivity index (χ1) is 9.25. The van der Waals surface area contributed by atoms with E-state index in [1.165, 1.54) is 11.1 Å². The van der Waals surface area contributed by atoms with Crippen LogP contribution in [-0.2, 0) is 4.79 Å². The average molecular weight is 261 g/mol. The van der Waals surface area contributed by atoms with Gasteiger partial charge in [0.05, 0.1) is 6.61 Å². The van der Waals surface area contributed by atoms with Gasteiger partial charge in [0, 0.05) is 13.0 Å². The molecule has 19 heavy (non-hydrogen) atoms. The molecule has 1 aliphatic rings. The van der Waals surface area contributed by atoms with E-state index >= 15 is 0 Å². The van der Waals surface area contributed by atoms with Crippen LogP contribution in [0.2, 0.25) is 0 Å². The number of carboxylic acid groups (broad SMARTS) is 1. The van der Waals surface area contributed by atoms with E-state index in [1.807, 2.05) is 12.1 Å². The Bertz CT molecular complexity index is 451. The summed E-state index contributed by atoms with van der Waals surface area (Å²) < 4.78 is 5.50. The molecule has 1 aromatic carbocycles. The number of aliphatic carboxylic acids is 1. The molecule has 0 spiro atoms. The van der Waals surface area contributed by atoms with Crippen molar-refractivity contribution in [1.82, 2.24) is 5.32 Å². The zero-order valence-electron chi connectivity index (χ0n) is 10.9. The van der Waals surface area contributed by atoms with E-state index in [2.05, 4.69) is 23.5 Å². The highest BCUT2D eigenvalue weighted by molar-refractivity contribution is 5.67. The van der Waals surface area contributed by atoms with Gasteiger partial charge in [-0.1, -0.05) is 18.2 Å². The Morgan fingerprint density at radius 3 is 2.74 bits per heavy atom. The average Bonchev–Trinajstić information content (AvgIpc) is 2.45. The number of carbonyl (C=O) groups is 1. The van der Waals surface area contributed by atoms with Gasteiger partial charge < -0.3 is 15.2 Å². The normalized spacial score (nSPS) is 14.8. The summed E-state index contributed by atoms with van der Waals surface area (Å²) in [5, 5.41) is 11.8. The van der Waals surface area contributed by atoms with E-state index in [9.17, 15) is 4.79 Å². The van der Waals surface area contributed by atoms with Gasteiger partial charge in [0.25, 0.3) is 0 Å². The molecule has 0 bridgehead atoms. The molecule has 0 saturated heterocycles. The first kappa shape index (κ1) is 13.6. The summed E-state index contributed by atoms with van der Waals surface area (Å²) in [6, 6.07) is 8.01. The summed E-state index contributed by atoms with van der Waals surface area (Å²) in [4.78, 5) is 10.4. The molecule has 0 unspecified atom stereocenters. The third kappa shape index (κ3) is 4.41. The van der Waals surface area contributed by atoms with Crippen LogP contribution >= 0.6 is 0 Å². The van der Waals surface area contributed by atoms with Crippen LogP contribution in [0.25, 0.3) is 5.57 Å². The Morgan fingerprint density at radius 1 is 1.32 bits per heavy atom. The monoisotopic (exact) mass is 261 g/mol. The first-order valence-corrected chi connectivity index (χ1v) is 6.60. The Balaban J connectivity index is 1.84. The minimum Gasteiger partial charge on any atom is -0.494 e. The zero-order valence-corrected chi connectivity index (χ0v) is 10.9. The van der Waals surface area contributed by atoms with Crippen molar-refractivity contribution >= 4 is 11.5 Å². The summed E-state index contributed by atoms with van der Waals surface area (Å²) in [7, 11) is 0. The number of hydrogen-bond donors (Lipinski definition) is 2. The summed E-state index contributed by atoms with van der Waals surface area (Å²) in [5.41, 5.74) is 2.61. The predicted molar refractivity (Wildman–Crippen MR) is 74.3 cm³/mol. The lowest BCUT2D eigenvalue weighted by atomic mass is 10.0. The maximum absolute atomic E-state index is 10.4. The number of ether oxygens (including phenoxy) is 1. The van der Waals surface area contributed by atoms with Crippen molar-refractivity contribution in [3.05, 3.63) is 35.9 Å². The summed E-state index contributed by atoms with van der Waals surface area (Å²) in [6.45, 7) is 2.40. The molecule has 2 rings (SSSR count). The maximum atomic E-state index is 10.4. The van der Waals surface area contributed by atoms with Gasteiger partial charge >= 0.3 is 5.97 Å². The minimum atomic E-state index is -0.781. The van der Waals surface area contributed by atoms with E-state index in [-0.39, 0.29) is 6.42 Å². The Labute approximate surface area is 113 Å². The van der Waals surface area contributed by atoms with E-state index < -0.39 is 5.97 Å². The fraction of sp³-hybridized carbons (Fsp3) is 0.400. The molecular weight excluding hydrogens is 242 g/mol. The summed E-state index contributed by atoms with van der Waals surface area (Å²) in [5.74, 6) is 0.0143. The van der Waals surface area contributed by atoms with E-state index in [0.717, 1.165) is 25.3 Å². The minimum absolute atomic E-state index is 0.151. The van der Waals surface area contributed by atoms with Crippen molar-refractivity contribution < 1.29 is 14.6 Å². The van der Waals surface area contributed by atoms with Gasteiger partial charge in [-0.3, -0.25) is 4.79 Å².